The van der Waals surface area contributed by atoms with Gasteiger partial charge in [0.25, 0.3) is 0 Å². The molecule has 0 aromatic heterocycles. The monoisotopic (exact) mass is 217 g/mol. The van der Waals surface area contributed by atoms with Gasteiger partial charge >= 0.3 is 0 Å². The van der Waals surface area contributed by atoms with Crippen LogP contribution < -0.4 is 5.32 Å². The largest absolute Gasteiger partial charge is 0.392 e. The SMILES string of the molecule is CC(C)NC[C@H](O)C[C@@](C)(O)C(C)(C)C. The summed E-state index contributed by atoms with van der Waals surface area (Å²) in [7, 11) is 0. The van der Waals surface area contributed by atoms with Gasteiger partial charge in [0, 0.05) is 19.0 Å². The van der Waals surface area contributed by atoms with Gasteiger partial charge in [0.1, 0.15) is 0 Å². The van der Waals surface area contributed by atoms with Crippen molar-refractivity contribution in [2.45, 2.75) is 65.7 Å². The molecule has 0 aromatic rings. The highest BCUT2D eigenvalue weighted by atomic mass is 16.3. The zero-order valence-corrected chi connectivity index (χ0v) is 11.0. The summed E-state index contributed by atoms with van der Waals surface area (Å²) in [5.74, 6) is 0. The fourth-order valence-corrected chi connectivity index (χ4v) is 1.21. The van der Waals surface area contributed by atoms with E-state index in [4.69, 9.17) is 0 Å². The molecule has 0 heterocycles. The van der Waals surface area contributed by atoms with Crippen molar-refractivity contribution >= 4 is 0 Å². The summed E-state index contributed by atoms with van der Waals surface area (Å²) in [6, 6.07) is 0.360. The van der Waals surface area contributed by atoms with Gasteiger partial charge in [0.15, 0.2) is 0 Å². The van der Waals surface area contributed by atoms with E-state index >= 15 is 0 Å². The summed E-state index contributed by atoms with van der Waals surface area (Å²) in [5, 5.41) is 23.1. The van der Waals surface area contributed by atoms with Crippen molar-refractivity contribution in [3.05, 3.63) is 0 Å². The minimum absolute atomic E-state index is 0.216. The number of rotatable bonds is 5. The van der Waals surface area contributed by atoms with Crippen molar-refractivity contribution in [3.8, 4) is 0 Å². The predicted molar refractivity (Wildman–Crippen MR) is 63.8 cm³/mol. The molecule has 2 atom stereocenters. The van der Waals surface area contributed by atoms with Gasteiger partial charge in [0.2, 0.25) is 0 Å². The zero-order valence-electron chi connectivity index (χ0n) is 11.0. The molecule has 0 rings (SSSR count). The first-order chi connectivity index (χ1) is 6.56. The maximum absolute atomic E-state index is 10.2. The van der Waals surface area contributed by atoms with Crippen molar-refractivity contribution in [1.82, 2.24) is 5.32 Å². The van der Waals surface area contributed by atoms with E-state index in [0.717, 1.165) is 0 Å². The molecule has 0 saturated heterocycles. The number of aliphatic hydroxyl groups excluding tert-OH is 1. The van der Waals surface area contributed by atoms with E-state index in [1.165, 1.54) is 0 Å². The maximum atomic E-state index is 10.2. The minimum Gasteiger partial charge on any atom is -0.392 e. The number of hydrogen-bond donors (Lipinski definition) is 3. The fraction of sp³-hybridized carbons (Fsp3) is 1.00. The van der Waals surface area contributed by atoms with Crippen LogP contribution in [0.15, 0.2) is 0 Å². The summed E-state index contributed by atoms with van der Waals surface area (Å²) < 4.78 is 0. The Morgan fingerprint density at radius 3 is 1.93 bits per heavy atom. The van der Waals surface area contributed by atoms with Gasteiger partial charge < -0.3 is 15.5 Å². The topological polar surface area (TPSA) is 52.5 Å². The number of hydrogen-bond acceptors (Lipinski definition) is 3. The Labute approximate surface area is 93.9 Å². The molecule has 92 valence electrons. The van der Waals surface area contributed by atoms with Gasteiger partial charge in [-0.25, -0.2) is 0 Å². The van der Waals surface area contributed by atoms with Gasteiger partial charge in [-0.15, -0.1) is 0 Å². The van der Waals surface area contributed by atoms with Crippen molar-refractivity contribution in [3.63, 3.8) is 0 Å². The van der Waals surface area contributed by atoms with Gasteiger partial charge in [-0.05, 0) is 12.3 Å². The molecule has 0 fully saturated rings. The molecule has 0 unspecified atom stereocenters. The third-order valence-corrected chi connectivity index (χ3v) is 3.01. The average molecular weight is 217 g/mol. The third-order valence-electron chi connectivity index (χ3n) is 3.01. The van der Waals surface area contributed by atoms with Gasteiger partial charge in [0.05, 0.1) is 11.7 Å². The first-order valence-electron chi connectivity index (χ1n) is 5.70. The fourth-order valence-electron chi connectivity index (χ4n) is 1.21. The molecule has 0 aliphatic rings. The molecule has 0 amide bonds. The number of aliphatic hydroxyl groups is 2. The average Bonchev–Trinajstić information content (AvgIpc) is 1.97. The third kappa shape index (κ3) is 5.50. The Hall–Kier alpha value is -0.120. The molecule has 0 aliphatic carbocycles. The van der Waals surface area contributed by atoms with Gasteiger partial charge in [-0.3, -0.25) is 0 Å². The highest BCUT2D eigenvalue weighted by Crippen LogP contribution is 2.33. The van der Waals surface area contributed by atoms with Crippen LogP contribution in [0.2, 0.25) is 0 Å². The molecular weight excluding hydrogens is 190 g/mol. The lowest BCUT2D eigenvalue weighted by Crippen LogP contribution is -2.45. The molecular formula is C12H27NO2. The second-order valence-corrected chi connectivity index (χ2v) is 5.94. The van der Waals surface area contributed by atoms with Crippen LogP contribution in [0.5, 0.6) is 0 Å². The van der Waals surface area contributed by atoms with E-state index in [1.54, 1.807) is 6.92 Å². The summed E-state index contributed by atoms with van der Waals surface area (Å²) in [6.45, 7) is 12.3. The molecule has 0 aliphatic heterocycles. The lowest BCUT2D eigenvalue weighted by atomic mass is 9.74. The molecule has 0 bridgehead atoms. The normalized spacial score (nSPS) is 19.0. The second kappa shape index (κ2) is 5.28. The van der Waals surface area contributed by atoms with Crippen LogP contribution in [0.3, 0.4) is 0 Å². The van der Waals surface area contributed by atoms with E-state index in [0.29, 0.717) is 19.0 Å². The lowest BCUT2D eigenvalue weighted by Gasteiger charge is -2.38. The summed E-state index contributed by atoms with van der Waals surface area (Å²) in [4.78, 5) is 0. The van der Waals surface area contributed by atoms with E-state index < -0.39 is 11.7 Å². The minimum atomic E-state index is -0.842. The first kappa shape index (κ1) is 14.9. The zero-order chi connectivity index (χ0) is 12.3. The van der Waals surface area contributed by atoms with E-state index in [-0.39, 0.29) is 5.41 Å². The van der Waals surface area contributed by atoms with Crippen molar-refractivity contribution < 1.29 is 10.2 Å². The molecule has 0 saturated carbocycles. The lowest BCUT2D eigenvalue weighted by molar-refractivity contribution is -0.0739. The summed E-state index contributed by atoms with van der Waals surface area (Å²) in [5.41, 5.74) is -1.06. The summed E-state index contributed by atoms with van der Waals surface area (Å²) in [6.07, 6.45) is -0.0995. The van der Waals surface area contributed by atoms with Crippen LogP contribution in [0, 0.1) is 5.41 Å². The maximum Gasteiger partial charge on any atom is 0.0692 e. The van der Waals surface area contributed by atoms with Crippen LogP contribution in [0.1, 0.15) is 48.0 Å². The molecule has 0 radical (unpaired) electrons. The highest BCUT2D eigenvalue weighted by molar-refractivity contribution is 4.88. The van der Waals surface area contributed by atoms with Crippen LogP contribution >= 0.6 is 0 Å². The molecule has 3 heteroatoms. The smallest absolute Gasteiger partial charge is 0.0692 e. The Kier molecular flexibility index (Phi) is 5.24. The van der Waals surface area contributed by atoms with Crippen molar-refractivity contribution in [1.29, 1.82) is 0 Å². The predicted octanol–water partition coefficient (Wildman–Crippen LogP) is 1.53. The van der Waals surface area contributed by atoms with E-state index in [9.17, 15) is 10.2 Å². The Morgan fingerprint density at radius 1 is 1.13 bits per heavy atom. The van der Waals surface area contributed by atoms with E-state index in [2.05, 4.69) is 5.32 Å². The van der Waals surface area contributed by atoms with Crippen LogP contribution in [-0.4, -0.2) is 34.5 Å². The van der Waals surface area contributed by atoms with Gasteiger partial charge in [-0.1, -0.05) is 34.6 Å². The summed E-state index contributed by atoms with van der Waals surface area (Å²) >= 11 is 0. The molecule has 0 spiro atoms. The Morgan fingerprint density at radius 2 is 1.60 bits per heavy atom. The Balaban J connectivity index is 4.11. The quantitative estimate of drug-likeness (QED) is 0.654. The van der Waals surface area contributed by atoms with E-state index in [1.807, 2.05) is 34.6 Å². The first-order valence-corrected chi connectivity index (χ1v) is 5.70. The highest BCUT2D eigenvalue weighted by Gasteiger charge is 2.36. The molecule has 15 heavy (non-hydrogen) atoms. The molecule has 0 aromatic carbocycles. The van der Waals surface area contributed by atoms with Gasteiger partial charge in [-0.2, -0.15) is 0 Å². The number of nitrogens with one attached hydrogen (secondary N) is 1. The molecule has 3 N–H and O–H groups in total. The Bertz CT molecular complexity index is 183. The van der Waals surface area contributed by atoms with Crippen molar-refractivity contribution in [2.75, 3.05) is 6.54 Å². The standard InChI is InChI=1S/C12H27NO2/c1-9(2)13-8-10(14)7-12(6,15)11(3,4)5/h9-10,13-15H,7-8H2,1-6H3/t10-,12-/m1/s1. The van der Waals surface area contributed by atoms with Crippen LogP contribution in [-0.2, 0) is 0 Å². The van der Waals surface area contributed by atoms with Crippen LogP contribution in [0.25, 0.3) is 0 Å². The van der Waals surface area contributed by atoms with Crippen molar-refractivity contribution in [2.24, 2.45) is 5.41 Å². The van der Waals surface area contributed by atoms with Crippen LogP contribution in [0.4, 0.5) is 0 Å². The second-order valence-electron chi connectivity index (χ2n) is 5.94. The molecule has 3 nitrogen and oxygen atoms in total.